The van der Waals surface area contributed by atoms with Crippen molar-refractivity contribution >= 4 is 38.9 Å². The maximum Gasteiger partial charge on any atom is 0.264 e. The molecule has 0 unspecified atom stereocenters. The van der Waals surface area contributed by atoms with Gasteiger partial charge in [0.1, 0.15) is 12.3 Å². The summed E-state index contributed by atoms with van der Waals surface area (Å²) >= 11 is 0. The molecule has 1 saturated heterocycles. The Morgan fingerprint density at radius 1 is 1.06 bits per heavy atom. The fourth-order valence-electron chi connectivity index (χ4n) is 4.18. The third-order valence-electron chi connectivity index (χ3n) is 5.90. The van der Waals surface area contributed by atoms with E-state index >= 15 is 0 Å². The number of ether oxygens (including phenoxy) is 1. The lowest BCUT2D eigenvalue weighted by molar-refractivity contribution is -0.117. The molecule has 1 aliphatic rings. The molecule has 0 atom stereocenters. The van der Waals surface area contributed by atoms with Crippen molar-refractivity contribution < 1.29 is 22.7 Å². The van der Waals surface area contributed by atoms with Crippen molar-refractivity contribution in [1.82, 2.24) is 0 Å². The normalized spacial score (nSPS) is 13.5. The van der Waals surface area contributed by atoms with Crippen LogP contribution in [0.2, 0.25) is 0 Å². The minimum absolute atomic E-state index is 0.0853. The molecule has 36 heavy (non-hydrogen) atoms. The Hall–Kier alpha value is -3.85. The van der Waals surface area contributed by atoms with Crippen molar-refractivity contribution in [2.75, 3.05) is 34.2 Å². The number of anilines is 3. The van der Waals surface area contributed by atoms with E-state index in [2.05, 4.69) is 5.32 Å². The second-order valence-corrected chi connectivity index (χ2v) is 10.3. The highest BCUT2D eigenvalue weighted by Gasteiger charge is 2.28. The Labute approximate surface area is 211 Å². The van der Waals surface area contributed by atoms with Crippen LogP contribution in [0.15, 0.2) is 77.7 Å². The first-order valence-corrected chi connectivity index (χ1v) is 13.2. The quantitative estimate of drug-likeness (QED) is 0.464. The SMILES string of the molecule is CCOc1ccc(N(CC(=O)Nc2ccc(N3CCCC3=O)c(C)c2)S(=O)(=O)c2ccccc2)cc1. The van der Waals surface area contributed by atoms with E-state index in [0.29, 0.717) is 36.7 Å². The van der Waals surface area contributed by atoms with Crippen LogP contribution in [0, 0.1) is 6.92 Å². The topological polar surface area (TPSA) is 96.0 Å². The van der Waals surface area contributed by atoms with Crippen molar-refractivity contribution in [2.24, 2.45) is 0 Å². The van der Waals surface area contributed by atoms with E-state index in [1.165, 1.54) is 12.1 Å². The van der Waals surface area contributed by atoms with Gasteiger partial charge in [-0.15, -0.1) is 0 Å². The third kappa shape index (κ3) is 5.52. The number of hydrogen-bond donors (Lipinski definition) is 1. The monoisotopic (exact) mass is 507 g/mol. The molecular formula is C27H29N3O5S. The zero-order valence-electron chi connectivity index (χ0n) is 20.3. The molecule has 0 radical (unpaired) electrons. The van der Waals surface area contributed by atoms with Crippen LogP contribution < -0.4 is 19.3 Å². The molecule has 8 nitrogen and oxygen atoms in total. The van der Waals surface area contributed by atoms with Crippen LogP contribution in [0.4, 0.5) is 17.1 Å². The summed E-state index contributed by atoms with van der Waals surface area (Å²) in [5, 5.41) is 2.79. The Morgan fingerprint density at radius 2 is 1.78 bits per heavy atom. The van der Waals surface area contributed by atoms with Gasteiger partial charge in [-0.3, -0.25) is 13.9 Å². The van der Waals surface area contributed by atoms with Gasteiger partial charge in [0.05, 0.1) is 17.2 Å². The van der Waals surface area contributed by atoms with Crippen LogP contribution in [-0.4, -0.2) is 39.9 Å². The summed E-state index contributed by atoms with van der Waals surface area (Å²) in [6.45, 7) is 4.48. The van der Waals surface area contributed by atoms with Crippen LogP contribution in [0.3, 0.4) is 0 Å². The van der Waals surface area contributed by atoms with E-state index < -0.39 is 22.5 Å². The molecule has 0 spiro atoms. The number of nitrogens with one attached hydrogen (secondary N) is 1. The Balaban J connectivity index is 1.57. The van der Waals surface area contributed by atoms with Crippen LogP contribution >= 0.6 is 0 Å². The number of nitrogens with zero attached hydrogens (tertiary/aromatic N) is 2. The Morgan fingerprint density at radius 3 is 2.39 bits per heavy atom. The van der Waals surface area contributed by atoms with Crippen molar-refractivity contribution in [3.8, 4) is 5.75 Å². The van der Waals surface area contributed by atoms with Gasteiger partial charge >= 0.3 is 0 Å². The van der Waals surface area contributed by atoms with Gasteiger partial charge in [0.25, 0.3) is 10.0 Å². The highest BCUT2D eigenvalue weighted by atomic mass is 32.2. The highest BCUT2D eigenvalue weighted by Crippen LogP contribution is 2.29. The van der Waals surface area contributed by atoms with Crippen LogP contribution in [0.1, 0.15) is 25.3 Å². The van der Waals surface area contributed by atoms with E-state index in [0.717, 1.165) is 22.0 Å². The molecule has 4 rings (SSSR count). The van der Waals surface area contributed by atoms with Gasteiger partial charge in [0.2, 0.25) is 11.8 Å². The number of aryl methyl sites for hydroxylation is 1. The maximum absolute atomic E-state index is 13.5. The average molecular weight is 508 g/mol. The van der Waals surface area contributed by atoms with Gasteiger partial charge in [-0.1, -0.05) is 18.2 Å². The molecule has 1 N–H and O–H groups in total. The first-order chi connectivity index (χ1) is 17.3. The molecule has 0 bridgehead atoms. The maximum atomic E-state index is 13.5. The highest BCUT2D eigenvalue weighted by molar-refractivity contribution is 7.92. The fraction of sp³-hybridized carbons (Fsp3) is 0.259. The zero-order chi connectivity index (χ0) is 25.7. The molecule has 188 valence electrons. The van der Waals surface area contributed by atoms with E-state index in [4.69, 9.17) is 4.74 Å². The van der Waals surface area contributed by atoms with Gasteiger partial charge < -0.3 is 15.0 Å². The second kappa shape index (κ2) is 10.8. The molecule has 1 heterocycles. The summed E-state index contributed by atoms with van der Waals surface area (Å²) in [7, 11) is -4.01. The summed E-state index contributed by atoms with van der Waals surface area (Å²) in [6, 6.07) is 19.9. The third-order valence-corrected chi connectivity index (χ3v) is 7.69. The molecule has 3 aromatic rings. The first-order valence-electron chi connectivity index (χ1n) is 11.8. The average Bonchev–Trinajstić information content (AvgIpc) is 3.29. The summed E-state index contributed by atoms with van der Waals surface area (Å²) in [5.41, 5.74) is 2.54. The lowest BCUT2D eigenvalue weighted by Crippen LogP contribution is -2.38. The van der Waals surface area contributed by atoms with Gasteiger partial charge in [0.15, 0.2) is 0 Å². The zero-order valence-corrected chi connectivity index (χ0v) is 21.1. The molecule has 9 heteroatoms. The molecule has 0 aromatic heterocycles. The lowest BCUT2D eigenvalue weighted by atomic mass is 10.1. The minimum atomic E-state index is -4.01. The van der Waals surface area contributed by atoms with Gasteiger partial charge in [-0.05, 0) is 80.4 Å². The molecule has 0 saturated carbocycles. The number of sulfonamides is 1. The van der Waals surface area contributed by atoms with Crippen molar-refractivity contribution in [1.29, 1.82) is 0 Å². The Bertz CT molecular complexity index is 1340. The fourth-order valence-corrected chi connectivity index (χ4v) is 5.62. The summed E-state index contributed by atoms with van der Waals surface area (Å²) < 4.78 is 33.5. The number of carbonyl (C=O) groups is 2. The summed E-state index contributed by atoms with van der Waals surface area (Å²) in [6.07, 6.45) is 1.36. The summed E-state index contributed by atoms with van der Waals surface area (Å²) in [4.78, 5) is 27.0. The van der Waals surface area contributed by atoms with Crippen LogP contribution in [0.5, 0.6) is 5.75 Å². The second-order valence-electron chi connectivity index (χ2n) is 8.45. The molecular weight excluding hydrogens is 478 g/mol. The van der Waals surface area contributed by atoms with Crippen molar-refractivity contribution in [3.63, 3.8) is 0 Å². The minimum Gasteiger partial charge on any atom is -0.494 e. The van der Waals surface area contributed by atoms with Crippen molar-refractivity contribution in [3.05, 3.63) is 78.4 Å². The predicted molar refractivity (Wildman–Crippen MR) is 140 cm³/mol. The van der Waals surface area contributed by atoms with E-state index in [9.17, 15) is 18.0 Å². The predicted octanol–water partition coefficient (Wildman–Crippen LogP) is 4.35. The van der Waals surface area contributed by atoms with Gasteiger partial charge in [-0.2, -0.15) is 0 Å². The number of hydrogen-bond acceptors (Lipinski definition) is 5. The lowest BCUT2D eigenvalue weighted by Gasteiger charge is -2.24. The number of amides is 2. The van der Waals surface area contributed by atoms with E-state index in [1.54, 1.807) is 65.6 Å². The molecule has 1 fully saturated rings. The van der Waals surface area contributed by atoms with Crippen molar-refractivity contribution in [2.45, 2.75) is 31.6 Å². The largest absolute Gasteiger partial charge is 0.494 e. The van der Waals surface area contributed by atoms with Gasteiger partial charge in [0, 0.05) is 24.3 Å². The van der Waals surface area contributed by atoms with E-state index in [-0.39, 0.29) is 10.8 Å². The smallest absolute Gasteiger partial charge is 0.264 e. The molecule has 0 aliphatic carbocycles. The molecule has 3 aromatic carbocycles. The Kier molecular flexibility index (Phi) is 7.59. The van der Waals surface area contributed by atoms with Crippen LogP contribution in [0.25, 0.3) is 0 Å². The number of benzene rings is 3. The number of rotatable bonds is 9. The standard InChI is InChI=1S/C27H29N3O5S/c1-3-35-23-14-12-22(13-15-23)30(36(33,34)24-8-5-4-6-9-24)19-26(31)28-21-11-16-25(20(2)18-21)29-17-7-10-27(29)32/h4-6,8-9,11-16,18H,3,7,10,17,19H2,1-2H3,(H,28,31). The van der Waals surface area contributed by atoms with E-state index in [1.807, 2.05) is 13.8 Å². The van der Waals surface area contributed by atoms with Gasteiger partial charge in [-0.25, -0.2) is 8.42 Å². The van der Waals surface area contributed by atoms with Crippen LogP contribution in [-0.2, 0) is 19.6 Å². The first kappa shape index (κ1) is 25.2. The molecule has 2 amide bonds. The number of carbonyl (C=O) groups excluding carboxylic acids is 2. The summed E-state index contributed by atoms with van der Waals surface area (Å²) in [5.74, 6) is 0.203. The molecule has 1 aliphatic heterocycles.